The number of hydrogen-bond donors (Lipinski definition) is 2. The van der Waals surface area contributed by atoms with Crippen LogP contribution in [0.4, 0.5) is 11.4 Å². The number of aryl methyl sites for hydroxylation is 1. The van der Waals surface area contributed by atoms with Crippen LogP contribution in [0.3, 0.4) is 0 Å². The Bertz CT molecular complexity index is 1220. The van der Waals surface area contributed by atoms with Gasteiger partial charge >= 0.3 is 5.97 Å². The molecule has 8 heteroatoms. The number of halogens is 1. The highest BCUT2D eigenvalue weighted by Crippen LogP contribution is 2.32. The third-order valence-electron chi connectivity index (χ3n) is 5.19. The van der Waals surface area contributed by atoms with Crippen molar-refractivity contribution < 1.29 is 23.9 Å². The Hall–Kier alpha value is -3.84. The van der Waals surface area contributed by atoms with E-state index in [1.165, 1.54) is 0 Å². The molecule has 3 aromatic carbocycles. The molecule has 0 unspecified atom stereocenters. The molecular formula is C28H29ClN2O5. The third kappa shape index (κ3) is 8.43. The van der Waals surface area contributed by atoms with Gasteiger partial charge < -0.3 is 20.1 Å². The van der Waals surface area contributed by atoms with E-state index in [1.54, 1.807) is 48.5 Å². The Kier molecular flexibility index (Phi) is 9.47. The van der Waals surface area contributed by atoms with Gasteiger partial charge in [0.2, 0.25) is 5.91 Å². The van der Waals surface area contributed by atoms with E-state index in [9.17, 15) is 14.4 Å². The molecule has 0 spiro atoms. The van der Waals surface area contributed by atoms with Crippen molar-refractivity contribution in [3.05, 3.63) is 82.9 Å². The molecule has 7 nitrogen and oxygen atoms in total. The van der Waals surface area contributed by atoms with Crippen LogP contribution in [0.2, 0.25) is 5.02 Å². The number of esters is 1. The number of nitrogens with one attached hydrogen (secondary N) is 2. The molecule has 0 aliphatic heterocycles. The fourth-order valence-electron chi connectivity index (χ4n) is 3.36. The highest BCUT2D eigenvalue weighted by molar-refractivity contribution is 6.30. The lowest BCUT2D eigenvalue weighted by Gasteiger charge is -2.15. The van der Waals surface area contributed by atoms with E-state index in [-0.39, 0.29) is 18.7 Å². The number of hydrogen-bond acceptors (Lipinski definition) is 5. The van der Waals surface area contributed by atoms with Gasteiger partial charge in [0.1, 0.15) is 11.5 Å². The topological polar surface area (TPSA) is 93.7 Å². The molecule has 3 rings (SSSR count). The molecule has 0 aliphatic rings. The Morgan fingerprint density at radius 2 is 1.58 bits per heavy atom. The molecule has 0 saturated heterocycles. The average Bonchev–Trinajstić information content (AvgIpc) is 2.82. The van der Waals surface area contributed by atoms with Gasteiger partial charge in [0, 0.05) is 22.8 Å². The van der Waals surface area contributed by atoms with Crippen LogP contribution in [0.5, 0.6) is 11.5 Å². The van der Waals surface area contributed by atoms with Crippen molar-refractivity contribution in [1.29, 1.82) is 0 Å². The zero-order valence-corrected chi connectivity index (χ0v) is 21.2. The van der Waals surface area contributed by atoms with Crippen LogP contribution in [0.25, 0.3) is 0 Å². The van der Waals surface area contributed by atoms with Crippen molar-refractivity contribution >= 4 is 40.8 Å². The number of anilines is 2. The Morgan fingerprint density at radius 3 is 2.28 bits per heavy atom. The highest BCUT2D eigenvalue weighted by atomic mass is 35.5. The van der Waals surface area contributed by atoms with Gasteiger partial charge in [-0.15, -0.1) is 0 Å². The second-order valence-electron chi connectivity index (χ2n) is 8.59. The minimum atomic E-state index is -0.644. The monoisotopic (exact) mass is 508 g/mol. The summed E-state index contributed by atoms with van der Waals surface area (Å²) in [7, 11) is 0. The number of ether oxygens (including phenoxy) is 2. The number of amides is 2. The van der Waals surface area contributed by atoms with E-state index in [1.807, 2.05) is 13.0 Å². The van der Waals surface area contributed by atoms with E-state index in [0.717, 1.165) is 16.9 Å². The number of rotatable bonds is 10. The molecule has 0 aromatic heterocycles. The summed E-state index contributed by atoms with van der Waals surface area (Å²) in [6, 6.07) is 19.8. The van der Waals surface area contributed by atoms with Crippen molar-refractivity contribution in [2.45, 2.75) is 39.5 Å². The van der Waals surface area contributed by atoms with Crippen molar-refractivity contribution in [2.75, 3.05) is 17.2 Å². The molecule has 0 heterocycles. The van der Waals surface area contributed by atoms with Crippen LogP contribution in [0, 0.1) is 6.92 Å². The second-order valence-corrected chi connectivity index (χ2v) is 9.03. The minimum absolute atomic E-state index is 0.0754. The van der Waals surface area contributed by atoms with Gasteiger partial charge in [0.05, 0.1) is 6.42 Å². The van der Waals surface area contributed by atoms with Crippen molar-refractivity contribution in [2.24, 2.45) is 0 Å². The maximum Gasteiger partial charge on any atom is 0.306 e. The summed E-state index contributed by atoms with van der Waals surface area (Å²) in [5.74, 6) is 0.299. The van der Waals surface area contributed by atoms with Gasteiger partial charge in [-0.1, -0.05) is 43.6 Å². The van der Waals surface area contributed by atoms with Gasteiger partial charge in [-0.25, -0.2) is 0 Å². The molecule has 188 valence electrons. The Balaban J connectivity index is 1.42. The summed E-state index contributed by atoms with van der Waals surface area (Å²) < 4.78 is 11.0. The summed E-state index contributed by atoms with van der Waals surface area (Å²) in [5, 5.41) is 5.79. The van der Waals surface area contributed by atoms with Crippen LogP contribution >= 0.6 is 11.6 Å². The minimum Gasteiger partial charge on any atom is -0.457 e. The van der Waals surface area contributed by atoms with Crippen LogP contribution in [-0.4, -0.2) is 24.4 Å². The highest BCUT2D eigenvalue weighted by Gasteiger charge is 2.12. The van der Waals surface area contributed by atoms with E-state index in [0.29, 0.717) is 28.1 Å². The largest absolute Gasteiger partial charge is 0.457 e. The molecule has 36 heavy (non-hydrogen) atoms. The molecule has 0 radical (unpaired) electrons. The van der Waals surface area contributed by atoms with Gasteiger partial charge in [-0.2, -0.15) is 0 Å². The smallest absolute Gasteiger partial charge is 0.306 e. The fourth-order valence-corrected chi connectivity index (χ4v) is 3.55. The standard InChI is InChI=1S/C28H29ClN2O5/c1-18(2)24-12-7-19(3)15-25(24)36-23-10-8-21(9-11-23)30-26(32)13-14-28(34)35-17-27(33)31-22-6-4-5-20(29)16-22/h4-12,15-16,18H,13-14,17H2,1-3H3,(H,30,32)(H,31,33). The first-order valence-corrected chi connectivity index (χ1v) is 12.0. The van der Waals surface area contributed by atoms with E-state index >= 15 is 0 Å². The van der Waals surface area contributed by atoms with Crippen molar-refractivity contribution in [1.82, 2.24) is 0 Å². The van der Waals surface area contributed by atoms with Gasteiger partial charge in [0.25, 0.3) is 5.91 Å². The lowest BCUT2D eigenvalue weighted by Crippen LogP contribution is -2.21. The molecule has 0 bridgehead atoms. The maximum absolute atomic E-state index is 12.2. The zero-order chi connectivity index (χ0) is 26.1. The molecule has 0 atom stereocenters. The maximum atomic E-state index is 12.2. The molecule has 3 aromatic rings. The molecule has 2 N–H and O–H groups in total. The van der Waals surface area contributed by atoms with Crippen LogP contribution in [0.1, 0.15) is 43.7 Å². The summed E-state index contributed by atoms with van der Waals surface area (Å²) in [6.45, 7) is 5.79. The summed E-state index contributed by atoms with van der Waals surface area (Å²) in [6.07, 6.45) is -0.225. The van der Waals surface area contributed by atoms with Crippen molar-refractivity contribution in [3.63, 3.8) is 0 Å². The first kappa shape index (κ1) is 26.8. The van der Waals surface area contributed by atoms with E-state index < -0.39 is 18.5 Å². The second kappa shape index (κ2) is 12.7. The Labute approximate surface area is 215 Å². The molecule has 2 amide bonds. The number of carbonyl (C=O) groups is 3. The quantitative estimate of drug-likeness (QED) is 0.306. The first-order valence-electron chi connectivity index (χ1n) is 11.6. The molecule has 0 aliphatic carbocycles. The normalized spacial score (nSPS) is 10.6. The SMILES string of the molecule is Cc1ccc(C(C)C)c(Oc2ccc(NC(=O)CCC(=O)OCC(=O)Nc3cccc(Cl)c3)cc2)c1. The fraction of sp³-hybridized carbons (Fsp3) is 0.250. The predicted molar refractivity (Wildman–Crippen MR) is 141 cm³/mol. The van der Waals surface area contributed by atoms with Gasteiger partial charge in [-0.3, -0.25) is 14.4 Å². The molecule has 0 saturated carbocycles. The lowest BCUT2D eigenvalue weighted by molar-refractivity contribution is -0.147. The van der Waals surface area contributed by atoms with Crippen molar-refractivity contribution in [3.8, 4) is 11.5 Å². The predicted octanol–water partition coefficient (Wildman–Crippen LogP) is 6.46. The number of carbonyl (C=O) groups excluding carboxylic acids is 3. The first-order chi connectivity index (χ1) is 17.2. The number of benzene rings is 3. The summed E-state index contributed by atoms with van der Waals surface area (Å²) in [4.78, 5) is 36.0. The lowest BCUT2D eigenvalue weighted by atomic mass is 10.0. The zero-order valence-electron chi connectivity index (χ0n) is 20.5. The molecule has 0 fully saturated rings. The molecular weight excluding hydrogens is 480 g/mol. The third-order valence-corrected chi connectivity index (χ3v) is 5.42. The average molecular weight is 509 g/mol. The summed E-state index contributed by atoms with van der Waals surface area (Å²) >= 11 is 5.87. The van der Waals surface area contributed by atoms with Crippen LogP contribution < -0.4 is 15.4 Å². The van der Waals surface area contributed by atoms with E-state index in [2.05, 4.69) is 36.6 Å². The van der Waals surface area contributed by atoms with Crippen LogP contribution in [0.15, 0.2) is 66.7 Å². The van der Waals surface area contributed by atoms with E-state index in [4.69, 9.17) is 21.1 Å². The van der Waals surface area contributed by atoms with Gasteiger partial charge in [0.15, 0.2) is 6.61 Å². The summed E-state index contributed by atoms with van der Waals surface area (Å²) in [5.41, 5.74) is 3.30. The van der Waals surface area contributed by atoms with Crippen LogP contribution in [-0.2, 0) is 19.1 Å². The Morgan fingerprint density at radius 1 is 0.861 bits per heavy atom. The van der Waals surface area contributed by atoms with Gasteiger partial charge in [-0.05, 0) is 72.5 Å².